The number of hydrogen-bond acceptors (Lipinski definition) is 6. The van der Waals surface area contributed by atoms with Crippen LogP contribution in [0.3, 0.4) is 0 Å². The Labute approximate surface area is 198 Å². The molecule has 0 saturated carbocycles. The predicted octanol–water partition coefficient (Wildman–Crippen LogP) is 1.28. The Bertz CT molecular complexity index is 1170. The van der Waals surface area contributed by atoms with Crippen LogP contribution in [-0.4, -0.2) is 50.3 Å². The number of para-hydroxylation sites is 2. The van der Waals surface area contributed by atoms with Crippen molar-refractivity contribution in [1.82, 2.24) is 9.88 Å². The van der Waals surface area contributed by atoms with E-state index in [-0.39, 0.29) is 50.5 Å². The van der Waals surface area contributed by atoms with Gasteiger partial charge in [0.2, 0.25) is 0 Å². The number of aromatic nitrogens is 1. The first-order chi connectivity index (χ1) is 16.0. The number of oxazole rings is 1. The third kappa shape index (κ3) is 4.28. The Hall–Kier alpha value is -2.05. The summed E-state index contributed by atoms with van der Waals surface area (Å²) < 4.78 is 58.8. The number of alkyl halides is 5. The molecular formula is C23H22F3IN3O3-. The average Bonchev–Trinajstić information content (AvgIpc) is 3.29. The monoisotopic (exact) mass is 572 g/mol. The summed E-state index contributed by atoms with van der Waals surface area (Å²) in [6, 6.07) is 12.5. The molecule has 1 aromatic heterocycles. The normalized spacial score (nSPS) is 27.6. The molecule has 0 aliphatic carbocycles. The van der Waals surface area contributed by atoms with E-state index in [9.17, 15) is 13.2 Å². The number of hydrogen-bond donors (Lipinski definition) is 1. The summed E-state index contributed by atoms with van der Waals surface area (Å²) in [5.74, 6) is -0.459. The minimum absolute atomic E-state index is 0.00247. The van der Waals surface area contributed by atoms with E-state index in [1.807, 2.05) is 24.3 Å². The average molecular weight is 572 g/mol. The summed E-state index contributed by atoms with van der Waals surface area (Å²) in [6.45, 7) is 2.21. The predicted molar refractivity (Wildman–Crippen MR) is 111 cm³/mol. The summed E-state index contributed by atoms with van der Waals surface area (Å²) in [4.78, 5) is 6.02. The van der Waals surface area contributed by atoms with Gasteiger partial charge in [-0.2, -0.15) is 13.2 Å². The van der Waals surface area contributed by atoms with Crippen LogP contribution in [0.2, 0.25) is 0 Å². The molecular weight excluding hydrogens is 550 g/mol. The van der Waals surface area contributed by atoms with Gasteiger partial charge < -0.3 is 0 Å². The summed E-state index contributed by atoms with van der Waals surface area (Å²) >= 11 is 0.250. The zero-order chi connectivity index (χ0) is 22.6. The molecule has 0 spiro atoms. The Balaban J connectivity index is 1.32. The van der Waals surface area contributed by atoms with Crippen LogP contribution in [-0.2, 0) is 10.9 Å². The van der Waals surface area contributed by atoms with E-state index in [4.69, 9.17) is 13.9 Å². The Kier molecular flexibility index (Phi) is 5.41. The fourth-order valence-electron chi connectivity index (χ4n) is 4.67. The van der Waals surface area contributed by atoms with Crippen LogP contribution in [0.4, 0.5) is 18.9 Å². The van der Waals surface area contributed by atoms with Crippen LogP contribution in [0.1, 0.15) is 23.9 Å². The SMILES string of the molecule is FC(F)(F)c1nc2cccc(NC3c4ccccc4OCC3N3CCC(OC4C[I-]4)C3)c2o1. The van der Waals surface area contributed by atoms with Gasteiger partial charge >= 0.3 is 186 Å². The molecule has 0 radical (unpaired) electrons. The molecule has 3 aliphatic heterocycles. The van der Waals surface area contributed by atoms with Crippen LogP contribution < -0.4 is 31.3 Å². The first-order valence-corrected chi connectivity index (χ1v) is 13.6. The molecule has 3 aromatic rings. The van der Waals surface area contributed by atoms with Crippen molar-refractivity contribution in [3.63, 3.8) is 0 Å². The third-order valence-corrected chi connectivity index (χ3v) is 8.18. The molecule has 3 aliphatic rings. The fraction of sp³-hybridized carbons (Fsp3) is 0.435. The van der Waals surface area contributed by atoms with Crippen LogP contribution in [0.15, 0.2) is 46.9 Å². The summed E-state index contributed by atoms with van der Waals surface area (Å²) in [7, 11) is 0. The zero-order valence-corrected chi connectivity index (χ0v) is 19.7. The van der Waals surface area contributed by atoms with Gasteiger partial charge in [0, 0.05) is 0 Å². The molecule has 176 valence electrons. The van der Waals surface area contributed by atoms with Crippen molar-refractivity contribution in [2.24, 2.45) is 0 Å². The molecule has 4 heterocycles. The molecule has 6 nitrogen and oxygen atoms in total. The second kappa shape index (κ2) is 8.31. The second-order valence-corrected chi connectivity index (χ2v) is 11.6. The third-order valence-electron chi connectivity index (χ3n) is 6.28. The summed E-state index contributed by atoms with van der Waals surface area (Å²) in [6.07, 6.45) is -3.42. The molecule has 2 aromatic carbocycles. The van der Waals surface area contributed by atoms with Gasteiger partial charge in [0.1, 0.15) is 0 Å². The van der Waals surface area contributed by atoms with E-state index in [0.29, 0.717) is 16.4 Å². The van der Waals surface area contributed by atoms with Crippen LogP contribution in [0.5, 0.6) is 5.75 Å². The standard InChI is InChI=1S/C23H22F3IN3O3/c24-23(25,26)22-29-16-6-3-5-15(21(16)33-22)28-20-14-4-1-2-7-18(14)31-12-17(20)30-9-8-13(11-30)32-19-10-27-19/h1-7,13,17,19-20,28H,8-12H2/q-1. The zero-order valence-electron chi connectivity index (χ0n) is 17.5. The molecule has 2 saturated heterocycles. The van der Waals surface area contributed by atoms with Gasteiger partial charge in [-0.05, 0) is 0 Å². The molecule has 0 amide bonds. The molecule has 1 N–H and O–H groups in total. The first kappa shape index (κ1) is 21.5. The maximum absolute atomic E-state index is 13.2. The van der Waals surface area contributed by atoms with Crippen LogP contribution in [0.25, 0.3) is 11.1 Å². The van der Waals surface area contributed by atoms with Crippen molar-refractivity contribution in [2.45, 2.75) is 34.9 Å². The van der Waals surface area contributed by atoms with E-state index in [0.717, 1.165) is 30.8 Å². The van der Waals surface area contributed by atoms with Gasteiger partial charge in [-0.15, -0.1) is 0 Å². The van der Waals surface area contributed by atoms with E-state index < -0.39 is 12.1 Å². The van der Waals surface area contributed by atoms with E-state index in [1.165, 1.54) is 10.5 Å². The van der Waals surface area contributed by atoms with Gasteiger partial charge in [0.15, 0.2) is 0 Å². The van der Waals surface area contributed by atoms with Crippen molar-refractivity contribution in [1.29, 1.82) is 0 Å². The van der Waals surface area contributed by atoms with Gasteiger partial charge in [0.05, 0.1) is 0 Å². The number of nitrogens with one attached hydrogen (secondary N) is 1. The molecule has 10 heteroatoms. The Morgan fingerprint density at radius 1 is 1.15 bits per heavy atom. The van der Waals surface area contributed by atoms with Crippen molar-refractivity contribution in [2.75, 3.05) is 29.4 Å². The number of benzene rings is 2. The van der Waals surface area contributed by atoms with Crippen molar-refractivity contribution >= 4 is 16.8 Å². The van der Waals surface area contributed by atoms with Gasteiger partial charge in [-0.3, -0.25) is 0 Å². The Morgan fingerprint density at radius 2 is 2.00 bits per heavy atom. The molecule has 33 heavy (non-hydrogen) atoms. The van der Waals surface area contributed by atoms with Gasteiger partial charge in [-0.25, -0.2) is 0 Å². The first-order valence-electron chi connectivity index (χ1n) is 10.9. The van der Waals surface area contributed by atoms with E-state index in [2.05, 4.69) is 15.2 Å². The van der Waals surface area contributed by atoms with E-state index in [1.54, 1.807) is 12.1 Å². The maximum atomic E-state index is 13.2. The number of nitrogens with zero attached hydrogens (tertiary/aromatic N) is 2. The van der Waals surface area contributed by atoms with Crippen LogP contribution >= 0.6 is 0 Å². The summed E-state index contributed by atoms with van der Waals surface area (Å²) in [5.41, 5.74) is 1.73. The Morgan fingerprint density at radius 3 is 2.82 bits per heavy atom. The second-order valence-electron chi connectivity index (χ2n) is 8.47. The quantitative estimate of drug-likeness (QED) is 0.368. The number of halogens is 4. The topological polar surface area (TPSA) is 59.8 Å². The molecule has 6 rings (SSSR count). The molecule has 4 unspecified atom stereocenters. The molecule has 4 atom stereocenters. The van der Waals surface area contributed by atoms with Gasteiger partial charge in [-0.1, -0.05) is 0 Å². The minimum atomic E-state index is -4.64. The number of anilines is 1. The van der Waals surface area contributed by atoms with Crippen molar-refractivity contribution < 1.29 is 48.3 Å². The molecule has 2 fully saturated rings. The number of rotatable bonds is 5. The number of ether oxygens (including phenoxy) is 2. The van der Waals surface area contributed by atoms with Crippen molar-refractivity contribution in [3.05, 3.63) is 53.9 Å². The van der Waals surface area contributed by atoms with E-state index >= 15 is 0 Å². The van der Waals surface area contributed by atoms with Crippen LogP contribution in [0, 0.1) is 0 Å². The number of fused-ring (bicyclic) bond motifs is 2. The summed E-state index contributed by atoms with van der Waals surface area (Å²) in [5, 5.41) is 3.48. The van der Waals surface area contributed by atoms with Crippen molar-refractivity contribution in [3.8, 4) is 5.75 Å². The fourth-order valence-corrected chi connectivity index (χ4v) is 5.71. The molecule has 0 bridgehead atoms. The van der Waals surface area contributed by atoms with Gasteiger partial charge in [0.25, 0.3) is 0 Å². The number of likely N-dealkylation sites (tertiary alicyclic amines) is 1.